The van der Waals surface area contributed by atoms with Crippen molar-refractivity contribution in [3.8, 4) is 5.75 Å². The number of hydrogen-bond donors (Lipinski definition) is 0. The highest BCUT2D eigenvalue weighted by Gasteiger charge is 2.06. The molecule has 0 bridgehead atoms. The number of Topliss-reactive ketones (excluding diaryl/α,β-unsaturated/α-hetero) is 1. The zero-order valence-corrected chi connectivity index (χ0v) is 11.2. The van der Waals surface area contributed by atoms with E-state index in [1.165, 1.54) is 0 Å². The summed E-state index contributed by atoms with van der Waals surface area (Å²) in [6.45, 7) is 8.96. The standard InChI is InChI=1S/C15H22O2/c1-5-14(16)13-6-7-15(12(4)10-13)17-9-8-11(2)3/h6-7,10-11H,5,8-9H2,1-4H3. The number of ether oxygens (including phenoxy) is 1. The molecule has 0 aliphatic rings. The molecular formula is C15H22O2. The van der Waals surface area contributed by atoms with Crippen LogP contribution in [-0.4, -0.2) is 12.4 Å². The summed E-state index contributed by atoms with van der Waals surface area (Å²) in [6, 6.07) is 5.67. The Balaban J connectivity index is 2.66. The van der Waals surface area contributed by atoms with E-state index in [-0.39, 0.29) is 5.78 Å². The number of hydrogen-bond acceptors (Lipinski definition) is 2. The minimum absolute atomic E-state index is 0.182. The smallest absolute Gasteiger partial charge is 0.162 e. The van der Waals surface area contributed by atoms with E-state index >= 15 is 0 Å². The maximum Gasteiger partial charge on any atom is 0.162 e. The second kappa shape index (κ2) is 6.43. The van der Waals surface area contributed by atoms with Crippen LogP contribution in [0.5, 0.6) is 5.75 Å². The van der Waals surface area contributed by atoms with Gasteiger partial charge in [0.15, 0.2) is 5.78 Å². The summed E-state index contributed by atoms with van der Waals surface area (Å²) in [5, 5.41) is 0. The molecule has 94 valence electrons. The van der Waals surface area contributed by atoms with Gasteiger partial charge >= 0.3 is 0 Å². The van der Waals surface area contributed by atoms with Crippen LogP contribution in [0.15, 0.2) is 18.2 Å². The summed E-state index contributed by atoms with van der Waals surface area (Å²) in [4.78, 5) is 11.5. The molecule has 0 aromatic heterocycles. The summed E-state index contributed by atoms with van der Waals surface area (Å²) >= 11 is 0. The molecule has 2 heteroatoms. The first-order chi connectivity index (χ1) is 8.04. The van der Waals surface area contributed by atoms with Gasteiger partial charge in [-0.05, 0) is 43.0 Å². The lowest BCUT2D eigenvalue weighted by Crippen LogP contribution is -2.03. The third kappa shape index (κ3) is 4.22. The molecule has 1 aromatic rings. The van der Waals surface area contributed by atoms with E-state index in [0.717, 1.165) is 29.9 Å². The average molecular weight is 234 g/mol. The van der Waals surface area contributed by atoms with Crippen LogP contribution in [-0.2, 0) is 0 Å². The molecule has 0 amide bonds. The van der Waals surface area contributed by atoms with Crippen LogP contribution >= 0.6 is 0 Å². The lowest BCUT2D eigenvalue weighted by Gasteiger charge is -2.11. The van der Waals surface area contributed by atoms with E-state index in [4.69, 9.17) is 4.74 Å². The van der Waals surface area contributed by atoms with Crippen molar-refractivity contribution in [1.82, 2.24) is 0 Å². The summed E-state index contributed by atoms with van der Waals surface area (Å²) in [7, 11) is 0. The van der Waals surface area contributed by atoms with Crippen LogP contribution in [0.1, 0.15) is 49.5 Å². The molecule has 0 N–H and O–H groups in total. The van der Waals surface area contributed by atoms with Gasteiger partial charge in [0.25, 0.3) is 0 Å². The van der Waals surface area contributed by atoms with Gasteiger partial charge in [0, 0.05) is 12.0 Å². The van der Waals surface area contributed by atoms with Crippen molar-refractivity contribution in [2.75, 3.05) is 6.61 Å². The summed E-state index contributed by atoms with van der Waals surface area (Å²) < 4.78 is 5.70. The van der Waals surface area contributed by atoms with Gasteiger partial charge in [-0.25, -0.2) is 0 Å². The molecule has 0 heterocycles. The predicted molar refractivity (Wildman–Crippen MR) is 70.8 cm³/mol. The molecule has 0 aliphatic carbocycles. The highest BCUT2D eigenvalue weighted by atomic mass is 16.5. The van der Waals surface area contributed by atoms with Crippen molar-refractivity contribution < 1.29 is 9.53 Å². The molecule has 0 fully saturated rings. The first-order valence-electron chi connectivity index (χ1n) is 6.31. The molecule has 1 aromatic carbocycles. The Morgan fingerprint density at radius 3 is 2.59 bits per heavy atom. The Labute approximate surface area is 104 Å². The Kier molecular flexibility index (Phi) is 5.20. The van der Waals surface area contributed by atoms with Crippen molar-refractivity contribution in [2.24, 2.45) is 5.92 Å². The zero-order valence-electron chi connectivity index (χ0n) is 11.2. The highest BCUT2D eigenvalue weighted by molar-refractivity contribution is 5.96. The fourth-order valence-corrected chi connectivity index (χ4v) is 1.59. The van der Waals surface area contributed by atoms with Crippen LogP contribution in [0.25, 0.3) is 0 Å². The van der Waals surface area contributed by atoms with Gasteiger partial charge in [-0.1, -0.05) is 20.8 Å². The quantitative estimate of drug-likeness (QED) is 0.695. The summed E-state index contributed by atoms with van der Waals surface area (Å²) in [5.41, 5.74) is 1.81. The Hall–Kier alpha value is -1.31. The maximum absolute atomic E-state index is 11.5. The molecule has 0 saturated heterocycles. The molecular weight excluding hydrogens is 212 g/mol. The molecule has 0 aliphatic heterocycles. The zero-order chi connectivity index (χ0) is 12.8. The van der Waals surface area contributed by atoms with E-state index in [0.29, 0.717) is 12.3 Å². The molecule has 1 rings (SSSR count). The van der Waals surface area contributed by atoms with Crippen molar-refractivity contribution >= 4 is 5.78 Å². The lowest BCUT2D eigenvalue weighted by molar-refractivity contribution is 0.0988. The van der Waals surface area contributed by atoms with E-state index in [1.54, 1.807) is 0 Å². The number of rotatable bonds is 6. The number of aryl methyl sites for hydroxylation is 1. The largest absolute Gasteiger partial charge is 0.493 e. The van der Waals surface area contributed by atoms with Gasteiger partial charge in [-0.2, -0.15) is 0 Å². The van der Waals surface area contributed by atoms with Crippen molar-refractivity contribution in [1.29, 1.82) is 0 Å². The maximum atomic E-state index is 11.5. The Bertz CT molecular complexity index is 381. The van der Waals surface area contributed by atoms with Gasteiger partial charge in [0.05, 0.1) is 6.61 Å². The van der Waals surface area contributed by atoms with Crippen molar-refractivity contribution in [3.63, 3.8) is 0 Å². The molecule has 0 radical (unpaired) electrons. The predicted octanol–water partition coefficient (Wildman–Crippen LogP) is 4.01. The van der Waals surface area contributed by atoms with Crippen LogP contribution in [0.3, 0.4) is 0 Å². The van der Waals surface area contributed by atoms with Crippen LogP contribution in [0.2, 0.25) is 0 Å². The first kappa shape index (κ1) is 13.8. The minimum atomic E-state index is 0.182. The topological polar surface area (TPSA) is 26.3 Å². The number of benzene rings is 1. The van der Waals surface area contributed by atoms with E-state index < -0.39 is 0 Å². The second-order valence-corrected chi connectivity index (χ2v) is 4.79. The van der Waals surface area contributed by atoms with Gasteiger partial charge in [-0.3, -0.25) is 4.79 Å². The third-order valence-electron chi connectivity index (χ3n) is 2.77. The van der Waals surface area contributed by atoms with E-state index in [2.05, 4.69) is 13.8 Å². The minimum Gasteiger partial charge on any atom is -0.493 e. The third-order valence-corrected chi connectivity index (χ3v) is 2.77. The number of ketones is 1. The molecule has 0 saturated carbocycles. The van der Waals surface area contributed by atoms with E-state index in [1.807, 2.05) is 32.0 Å². The van der Waals surface area contributed by atoms with E-state index in [9.17, 15) is 4.79 Å². The summed E-state index contributed by atoms with van der Waals surface area (Å²) in [5.74, 6) is 1.72. The summed E-state index contributed by atoms with van der Waals surface area (Å²) in [6.07, 6.45) is 1.60. The SMILES string of the molecule is CCC(=O)c1ccc(OCCC(C)C)c(C)c1. The number of carbonyl (C=O) groups is 1. The van der Waals surface area contributed by atoms with Gasteiger partial charge < -0.3 is 4.74 Å². The van der Waals surface area contributed by atoms with Crippen molar-refractivity contribution in [3.05, 3.63) is 29.3 Å². The second-order valence-electron chi connectivity index (χ2n) is 4.79. The molecule has 17 heavy (non-hydrogen) atoms. The average Bonchev–Trinajstić information content (AvgIpc) is 2.29. The monoisotopic (exact) mass is 234 g/mol. The Morgan fingerprint density at radius 1 is 1.35 bits per heavy atom. The molecule has 0 spiro atoms. The van der Waals surface area contributed by atoms with Crippen LogP contribution in [0.4, 0.5) is 0 Å². The van der Waals surface area contributed by atoms with Crippen LogP contribution in [0, 0.1) is 12.8 Å². The molecule has 0 unspecified atom stereocenters. The lowest BCUT2D eigenvalue weighted by atomic mass is 10.1. The first-order valence-corrected chi connectivity index (χ1v) is 6.31. The molecule has 0 atom stereocenters. The normalized spacial score (nSPS) is 10.6. The Morgan fingerprint density at radius 2 is 2.06 bits per heavy atom. The van der Waals surface area contributed by atoms with Crippen molar-refractivity contribution in [2.45, 2.75) is 40.5 Å². The highest BCUT2D eigenvalue weighted by Crippen LogP contribution is 2.20. The number of carbonyl (C=O) groups excluding carboxylic acids is 1. The van der Waals surface area contributed by atoms with Gasteiger partial charge in [-0.15, -0.1) is 0 Å². The fraction of sp³-hybridized carbons (Fsp3) is 0.533. The van der Waals surface area contributed by atoms with Gasteiger partial charge in [0.2, 0.25) is 0 Å². The fourth-order valence-electron chi connectivity index (χ4n) is 1.59. The van der Waals surface area contributed by atoms with Gasteiger partial charge in [0.1, 0.15) is 5.75 Å². The van der Waals surface area contributed by atoms with Crippen LogP contribution < -0.4 is 4.74 Å². The molecule has 2 nitrogen and oxygen atoms in total.